The minimum absolute atomic E-state index is 0.147. The number of carbonyl (C=O) groups excluding carboxylic acids is 2. The van der Waals surface area contributed by atoms with Crippen LogP contribution in [0.1, 0.15) is 12.0 Å². The number of hydrogen-bond acceptors (Lipinski definition) is 2. The minimum atomic E-state index is -0.241. The maximum absolute atomic E-state index is 12.1. The molecule has 1 fully saturated rings. The molecule has 2 aromatic carbocycles. The van der Waals surface area contributed by atoms with E-state index in [1.807, 2.05) is 65.6 Å². The van der Waals surface area contributed by atoms with Gasteiger partial charge >= 0.3 is 6.03 Å². The van der Waals surface area contributed by atoms with E-state index in [0.717, 1.165) is 11.3 Å². The van der Waals surface area contributed by atoms with Gasteiger partial charge in [0.05, 0.1) is 0 Å². The summed E-state index contributed by atoms with van der Waals surface area (Å²) in [5.74, 6) is 0.303. The van der Waals surface area contributed by atoms with Crippen molar-refractivity contribution in [2.45, 2.75) is 13.0 Å². The van der Waals surface area contributed by atoms with Gasteiger partial charge in [-0.15, -0.1) is 0 Å². The Balaban J connectivity index is 1.45. The summed E-state index contributed by atoms with van der Waals surface area (Å²) in [6.45, 7) is 1.81. The van der Waals surface area contributed by atoms with E-state index < -0.39 is 0 Å². The molecular weight excluding hydrogens is 302 g/mol. The molecular formula is C19H21N3O2. The zero-order valence-corrected chi connectivity index (χ0v) is 13.4. The summed E-state index contributed by atoms with van der Waals surface area (Å²) >= 11 is 0. The smallest absolute Gasteiger partial charge is 0.319 e. The number of likely N-dealkylation sites (tertiary alicyclic amines) is 1. The molecule has 2 aromatic rings. The van der Waals surface area contributed by atoms with Crippen molar-refractivity contribution < 1.29 is 9.59 Å². The fraction of sp³-hybridized carbons (Fsp3) is 0.263. The fourth-order valence-electron chi connectivity index (χ4n) is 2.88. The highest BCUT2D eigenvalue weighted by Crippen LogP contribution is 2.19. The van der Waals surface area contributed by atoms with Crippen LogP contribution in [0.2, 0.25) is 0 Å². The van der Waals surface area contributed by atoms with Crippen LogP contribution in [0.15, 0.2) is 60.7 Å². The molecule has 0 unspecified atom stereocenters. The molecule has 0 aromatic heterocycles. The van der Waals surface area contributed by atoms with Gasteiger partial charge < -0.3 is 15.5 Å². The number of rotatable bonds is 5. The van der Waals surface area contributed by atoms with Crippen molar-refractivity contribution in [1.29, 1.82) is 0 Å². The van der Waals surface area contributed by atoms with Gasteiger partial charge in [0, 0.05) is 37.7 Å². The molecule has 1 aliphatic heterocycles. The van der Waals surface area contributed by atoms with Gasteiger partial charge in [-0.1, -0.05) is 48.5 Å². The predicted molar refractivity (Wildman–Crippen MR) is 93.4 cm³/mol. The summed E-state index contributed by atoms with van der Waals surface area (Å²) < 4.78 is 0. The second-order valence-electron chi connectivity index (χ2n) is 6.03. The van der Waals surface area contributed by atoms with Gasteiger partial charge in [0.25, 0.3) is 0 Å². The molecule has 24 heavy (non-hydrogen) atoms. The number of nitrogens with one attached hydrogen (secondary N) is 2. The van der Waals surface area contributed by atoms with E-state index in [9.17, 15) is 9.59 Å². The van der Waals surface area contributed by atoms with Crippen LogP contribution in [0.3, 0.4) is 0 Å². The highest BCUT2D eigenvalue weighted by Gasteiger charge is 2.29. The Kier molecular flexibility index (Phi) is 5.11. The van der Waals surface area contributed by atoms with Crippen LogP contribution in [-0.4, -0.2) is 29.9 Å². The third-order valence-corrected chi connectivity index (χ3v) is 4.09. The summed E-state index contributed by atoms with van der Waals surface area (Å²) in [6.07, 6.45) is 0.485. The molecule has 5 nitrogen and oxygen atoms in total. The fourth-order valence-corrected chi connectivity index (χ4v) is 2.88. The summed E-state index contributed by atoms with van der Waals surface area (Å²) in [4.78, 5) is 25.9. The average Bonchev–Trinajstić information content (AvgIpc) is 2.95. The number of hydrogen-bond donors (Lipinski definition) is 2. The van der Waals surface area contributed by atoms with Gasteiger partial charge in [-0.25, -0.2) is 4.79 Å². The van der Waals surface area contributed by atoms with Gasteiger partial charge in [0.1, 0.15) is 0 Å². The number of urea groups is 1. The SMILES string of the molecule is O=C(NC[C@@H]1CC(=O)N(Cc2ccccc2)C1)Nc1ccccc1. The number of nitrogens with zero attached hydrogens (tertiary/aromatic N) is 1. The van der Waals surface area contributed by atoms with Crippen molar-refractivity contribution in [3.05, 3.63) is 66.2 Å². The quantitative estimate of drug-likeness (QED) is 0.889. The first kappa shape index (κ1) is 16.1. The van der Waals surface area contributed by atoms with Crippen LogP contribution in [-0.2, 0) is 11.3 Å². The Morgan fingerprint density at radius 1 is 1.04 bits per heavy atom. The minimum Gasteiger partial charge on any atom is -0.338 e. The Labute approximate surface area is 141 Å². The van der Waals surface area contributed by atoms with E-state index in [4.69, 9.17) is 0 Å². The Hall–Kier alpha value is -2.82. The lowest BCUT2D eigenvalue weighted by atomic mass is 10.1. The first-order chi connectivity index (χ1) is 11.7. The molecule has 0 saturated carbocycles. The first-order valence-electron chi connectivity index (χ1n) is 8.12. The van der Waals surface area contributed by atoms with Crippen LogP contribution in [0.25, 0.3) is 0 Å². The van der Waals surface area contributed by atoms with Gasteiger partial charge in [-0.05, 0) is 17.7 Å². The highest BCUT2D eigenvalue weighted by atomic mass is 16.2. The van der Waals surface area contributed by atoms with E-state index >= 15 is 0 Å². The molecule has 2 N–H and O–H groups in total. The monoisotopic (exact) mass is 323 g/mol. The maximum atomic E-state index is 12.1. The summed E-state index contributed by atoms with van der Waals surface area (Å²) in [5.41, 5.74) is 1.88. The van der Waals surface area contributed by atoms with Gasteiger partial charge in [0.15, 0.2) is 0 Å². The van der Waals surface area contributed by atoms with Crippen LogP contribution < -0.4 is 10.6 Å². The predicted octanol–water partition coefficient (Wildman–Crippen LogP) is 2.86. The largest absolute Gasteiger partial charge is 0.338 e. The zero-order chi connectivity index (χ0) is 16.8. The second kappa shape index (κ2) is 7.64. The lowest BCUT2D eigenvalue weighted by Crippen LogP contribution is -2.34. The van der Waals surface area contributed by atoms with E-state index in [1.54, 1.807) is 0 Å². The molecule has 0 bridgehead atoms. The summed E-state index contributed by atoms with van der Waals surface area (Å²) in [5, 5.41) is 5.63. The summed E-state index contributed by atoms with van der Waals surface area (Å²) in [6, 6.07) is 19.0. The van der Waals surface area contributed by atoms with E-state index in [2.05, 4.69) is 10.6 Å². The molecule has 1 saturated heterocycles. The highest BCUT2D eigenvalue weighted by molar-refractivity contribution is 5.89. The first-order valence-corrected chi connectivity index (χ1v) is 8.12. The molecule has 0 spiro atoms. The molecule has 0 aliphatic carbocycles. The number of anilines is 1. The van der Waals surface area contributed by atoms with Gasteiger partial charge in [-0.2, -0.15) is 0 Å². The van der Waals surface area contributed by atoms with Gasteiger partial charge in [-0.3, -0.25) is 4.79 Å². The number of para-hydroxylation sites is 1. The average molecular weight is 323 g/mol. The van der Waals surface area contributed by atoms with Crippen LogP contribution >= 0.6 is 0 Å². The molecule has 124 valence electrons. The lowest BCUT2D eigenvalue weighted by molar-refractivity contribution is -0.128. The van der Waals surface area contributed by atoms with Crippen LogP contribution in [0, 0.1) is 5.92 Å². The van der Waals surface area contributed by atoms with Crippen molar-refractivity contribution in [2.75, 3.05) is 18.4 Å². The third kappa shape index (κ3) is 4.35. The van der Waals surface area contributed by atoms with Crippen molar-refractivity contribution in [3.63, 3.8) is 0 Å². The third-order valence-electron chi connectivity index (χ3n) is 4.09. The normalized spacial score (nSPS) is 16.9. The number of carbonyl (C=O) groups is 2. The van der Waals surface area contributed by atoms with Gasteiger partial charge in [0.2, 0.25) is 5.91 Å². The Morgan fingerprint density at radius 2 is 1.71 bits per heavy atom. The lowest BCUT2D eigenvalue weighted by Gasteiger charge is -2.17. The molecule has 1 heterocycles. The Morgan fingerprint density at radius 3 is 2.42 bits per heavy atom. The van der Waals surface area contributed by atoms with E-state index in [1.165, 1.54) is 0 Å². The second-order valence-corrected chi connectivity index (χ2v) is 6.03. The maximum Gasteiger partial charge on any atom is 0.319 e. The van der Waals surface area contributed by atoms with E-state index in [-0.39, 0.29) is 17.9 Å². The Bertz CT molecular complexity index is 688. The molecule has 1 atom stereocenters. The molecule has 1 aliphatic rings. The zero-order valence-electron chi connectivity index (χ0n) is 13.4. The standard InChI is InChI=1S/C19H21N3O2/c23-18-11-16(14-22(18)13-15-7-3-1-4-8-15)12-20-19(24)21-17-9-5-2-6-10-17/h1-10,16H,11-14H2,(H2,20,21,24)/t16-/m0/s1. The molecule has 0 radical (unpaired) electrons. The van der Waals surface area contributed by atoms with Crippen LogP contribution in [0.5, 0.6) is 0 Å². The number of amides is 3. The van der Waals surface area contributed by atoms with Crippen molar-refractivity contribution in [1.82, 2.24) is 10.2 Å². The molecule has 5 heteroatoms. The van der Waals surface area contributed by atoms with Crippen molar-refractivity contribution >= 4 is 17.6 Å². The molecule has 3 amide bonds. The molecule has 3 rings (SSSR count). The number of benzene rings is 2. The summed E-state index contributed by atoms with van der Waals surface area (Å²) in [7, 11) is 0. The van der Waals surface area contributed by atoms with Crippen molar-refractivity contribution in [3.8, 4) is 0 Å². The van der Waals surface area contributed by atoms with E-state index in [0.29, 0.717) is 26.1 Å². The topological polar surface area (TPSA) is 61.4 Å². The van der Waals surface area contributed by atoms with Crippen LogP contribution in [0.4, 0.5) is 10.5 Å². The van der Waals surface area contributed by atoms with Crippen molar-refractivity contribution in [2.24, 2.45) is 5.92 Å².